The van der Waals surface area contributed by atoms with E-state index in [1.807, 2.05) is 6.92 Å². The Balaban J connectivity index is 2.28. The smallest absolute Gasteiger partial charge is 0.303 e. The fraction of sp³-hybridized carbons (Fsp3) is 0.357. The minimum atomic E-state index is -0.723. The van der Waals surface area contributed by atoms with Crippen LogP contribution in [0.4, 0.5) is 0 Å². The average molecular weight is 231 g/mol. The molecule has 90 valence electrons. The summed E-state index contributed by atoms with van der Waals surface area (Å²) in [5, 5.41) is 9.89. The fourth-order valence-corrected chi connectivity index (χ4v) is 2.23. The molecule has 0 aliphatic carbocycles. The van der Waals surface area contributed by atoms with Gasteiger partial charge in [-0.1, -0.05) is 11.6 Å². The first-order valence-electron chi connectivity index (χ1n) is 5.87. The van der Waals surface area contributed by atoms with Gasteiger partial charge in [-0.15, -0.1) is 0 Å². The molecular weight excluding hydrogens is 214 g/mol. The summed E-state index contributed by atoms with van der Waals surface area (Å²) < 4.78 is 0. The Kier molecular flexibility index (Phi) is 3.18. The van der Waals surface area contributed by atoms with Gasteiger partial charge >= 0.3 is 5.97 Å². The van der Waals surface area contributed by atoms with Gasteiger partial charge in [0.1, 0.15) is 0 Å². The first-order chi connectivity index (χ1) is 8.08. The molecule has 2 N–H and O–H groups in total. The van der Waals surface area contributed by atoms with Crippen molar-refractivity contribution in [2.24, 2.45) is 0 Å². The summed E-state index contributed by atoms with van der Waals surface area (Å²) in [6, 6.07) is 6.33. The summed E-state index contributed by atoms with van der Waals surface area (Å²) in [6.45, 7) is 4.12. The zero-order valence-electron chi connectivity index (χ0n) is 10.2. The van der Waals surface area contributed by atoms with Crippen molar-refractivity contribution in [3.8, 4) is 0 Å². The van der Waals surface area contributed by atoms with Crippen molar-refractivity contribution in [2.75, 3.05) is 0 Å². The first kappa shape index (κ1) is 11.7. The highest BCUT2D eigenvalue weighted by molar-refractivity contribution is 5.85. The SMILES string of the molecule is Cc1ccc2[nH]c(C)c(CCCC(=O)O)c2c1. The van der Waals surface area contributed by atoms with Crippen LogP contribution in [0.3, 0.4) is 0 Å². The van der Waals surface area contributed by atoms with Crippen LogP contribution in [0.5, 0.6) is 0 Å². The Morgan fingerprint density at radius 3 is 2.82 bits per heavy atom. The second-order valence-electron chi connectivity index (χ2n) is 4.52. The molecule has 0 saturated heterocycles. The van der Waals surface area contributed by atoms with Crippen LogP contribution in [-0.4, -0.2) is 16.1 Å². The molecule has 1 aromatic carbocycles. The van der Waals surface area contributed by atoms with Gasteiger partial charge in [-0.25, -0.2) is 0 Å². The quantitative estimate of drug-likeness (QED) is 0.849. The van der Waals surface area contributed by atoms with E-state index in [-0.39, 0.29) is 6.42 Å². The number of hydrogen-bond acceptors (Lipinski definition) is 1. The van der Waals surface area contributed by atoms with Gasteiger partial charge in [-0.05, 0) is 44.4 Å². The Morgan fingerprint density at radius 1 is 1.35 bits per heavy atom. The number of rotatable bonds is 4. The summed E-state index contributed by atoms with van der Waals surface area (Å²) in [7, 11) is 0. The molecule has 2 aromatic rings. The largest absolute Gasteiger partial charge is 0.481 e. The van der Waals surface area contributed by atoms with Crippen molar-refractivity contribution in [1.82, 2.24) is 4.98 Å². The standard InChI is InChI=1S/C14H17NO2/c1-9-6-7-13-12(8-9)11(10(2)15-13)4-3-5-14(16)17/h6-8,15H,3-5H2,1-2H3,(H,16,17). The predicted octanol–water partition coefficient (Wildman–Crippen LogP) is 3.19. The molecule has 1 aromatic heterocycles. The molecule has 0 radical (unpaired) electrons. The van der Waals surface area contributed by atoms with Gasteiger partial charge in [0.15, 0.2) is 0 Å². The number of nitrogens with one attached hydrogen (secondary N) is 1. The van der Waals surface area contributed by atoms with E-state index in [2.05, 4.69) is 30.1 Å². The van der Waals surface area contributed by atoms with Gasteiger partial charge < -0.3 is 10.1 Å². The summed E-state index contributed by atoms with van der Waals surface area (Å²) >= 11 is 0. The fourth-order valence-electron chi connectivity index (χ4n) is 2.23. The second-order valence-corrected chi connectivity index (χ2v) is 4.52. The van der Waals surface area contributed by atoms with Gasteiger partial charge in [-0.3, -0.25) is 4.79 Å². The van der Waals surface area contributed by atoms with Gasteiger partial charge in [-0.2, -0.15) is 0 Å². The van der Waals surface area contributed by atoms with E-state index in [9.17, 15) is 4.79 Å². The summed E-state index contributed by atoms with van der Waals surface area (Å²) in [6.07, 6.45) is 1.75. The van der Waals surface area contributed by atoms with Crippen LogP contribution < -0.4 is 0 Å². The number of aliphatic carboxylic acids is 1. The van der Waals surface area contributed by atoms with Crippen LogP contribution in [0.1, 0.15) is 29.7 Å². The number of H-pyrrole nitrogens is 1. The number of hydrogen-bond donors (Lipinski definition) is 2. The number of carboxylic acids is 1. The zero-order valence-corrected chi connectivity index (χ0v) is 10.2. The molecule has 0 fully saturated rings. The minimum absolute atomic E-state index is 0.234. The highest BCUT2D eigenvalue weighted by Crippen LogP contribution is 2.24. The van der Waals surface area contributed by atoms with Crippen LogP contribution in [0.25, 0.3) is 10.9 Å². The van der Waals surface area contributed by atoms with E-state index < -0.39 is 5.97 Å². The molecule has 1 heterocycles. The van der Waals surface area contributed by atoms with Crippen LogP contribution in [0, 0.1) is 13.8 Å². The predicted molar refractivity (Wildman–Crippen MR) is 68.3 cm³/mol. The lowest BCUT2D eigenvalue weighted by Crippen LogP contribution is -1.96. The third-order valence-corrected chi connectivity index (χ3v) is 3.09. The summed E-state index contributed by atoms with van der Waals surface area (Å²) in [4.78, 5) is 13.9. The van der Waals surface area contributed by atoms with Crippen molar-refractivity contribution in [1.29, 1.82) is 0 Å². The Labute approximate surface area is 100 Å². The molecule has 0 unspecified atom stereocenters. The summed E-state index contributed by atoms with van der Waals surface area (Å²) in [5.74, 6) is -0.723. The molecule has 3 heteroatoms. The zero-order chi connectivity index (χ0) is 12.4. The lowest BCUT2D eigenvalue weighted by atomic mass is 10.0. The number of carbonyl (C=O) groups is 1. The van der Waals surface area contributed by atoms with Gasteiger partial charge in [0.2, 0.25) is 0 Å². The maximum absolute atomic E-state index is 10.5. The Morgan fingerprint density at radius 2 is 2.12 bits per heavy atom. The monoisotopic (exact) mass is 231 g/mol. The van der Waals surface area contributed by atoms with E-state index in [1.165, 1.54) is 16.5 Å². The first-order valence-corrected chi connectivity index (χ1v) is 5.87. The second kappa shape index (κ2) is 4.62. The van der Waals surface area contributed by atoms with Crippen LogP contribution in [-0.2, 0) is 11.2 Å². The minimum Gasteiger partial charge on any atom is -0.481 e. The van der Waals surface area contributed by atoms with E-state index in [4.69, 9.17) is 5.11 Å². The highest BCUT2D eigenvalue weighted by atomic mass is 16.4. The van der Waals surface area contributed by atoms with E-state index >= 15 is 0 Å². The number of benzene rings is 1. The number of aryl methyl sites for hydroxylation is 3. The highest BCUT2D eigenvalue weighted by Gasteiger charge is 2.08. The normalized spacial score (nSPS) is 10.9. The molecule has 0 aliphatic heterocycles. The van der Waals surface area contributed by atoms with Crippen molar-refractivity contribution >= 4 is 16.9 Å². The van der Waals surface area contributed by atoms with Gasteiger partial charge in [0, 0.05) is 23.0 Å². The molecule has 2 rings (SSSR count). The Hall–Kier alpha value is -1.77. The number of aromatic amines is 1. The van der Waals surface area contributed by atoms with Gasteiger partial charge in [0.25, 0.3) is 0 Å². The van der Waals surface area contributed by atoms with Crippen molar-refractivity contribution < 1.29 is 9.90 Å². The van der Waals surface area contributed by atoms with Crippen LogP contribution in [0.15, 0.2) is 18.2 Å². The number of carboxylic acid groups (broad SMARTS) is 1. The van der Waals surface area contributed by atoms with E-state index in [0.717, 1.165) is 17.6 Å². The maximum Gasteiger partial charge on any atom is 0.303 e. The maximum atomic E-state index is 10.5. The van der Waals surface area contributed by atoms with Crippen LogP contribution in [0.2, 0.25) is 0 Å². The van der Waals surface area contributed by atoms with Gasteiger partial charge in [0.05, 0.1) is 0 Å². The third-order valence-electron chi connectivity index (χ3n) is 3.09. The molecule has 0 spiro atoms. The lowest BCUT2D eigenvalue weighted by Gasteiger charge is -2.00. The topological polar surface area (TPSA) is 53.1 Å². The Bertz CT molecular complexity index is 555. The van der Waals surface area contributed by atoms with E-state index in [1.54, 1.807) is 0 Å². The van der Waals surface area contributed by atoms with Crippen molar-refractivity contribution in [3.63, 3.8) is 0 Å². The molecule has 0 amide bonds. The molecule has 0 bridgehead atoms. The molecule has 17 heavy (non-hydrogen) atoms. The van der Waals surface area contributed by atoms with Crippen LogP contribution >= 0.6 is 0 Å². The molecule has 0 aliphatic rings. The average Bonchev–Trinajstić information content (AvgIpc) is 2.55. The lowest BCUT2D eigenvalue weighted by molar-refractivity contribution is -0.137. The molecule has 3 nitrogen and oxygen atoms in total. The molecular formula is C14H17NO2. The molecule has 0 saturated carbocycles. The van der Waals surface area contributed by atoms with Crippen molar-refractivity contribution in [3.05, 3.63) is 35.0 Å². The third kappa shape index (κ3) is 2.49. The van der Waals surface area contributed by atoms with E-state index in [0.29, 0.717) is 6.42 Å². The summed E-state index contributed by atoms with van der Waals surface area (Å²) in [5.41, 5.74) is 4.77. The van der Waals surface area contributed by atoms with Crippen molar-refractivity contribution in [2.45, 2.75) is 33.1 Å². The number of aromatic nitrogens is 1. The molecule has 0 atom stereocenters. The number of fused-ring (bicyclic) bond motifs is 1.